The van der Waals surface area contributed by atoms with Gasteiger partial charge in [0.2, 0.25) is 18.1 Å². The van der Waals surface area contributed by atoms with Gasteiger partial charge in [0.15, 0.2) is 27.3 Å². The van der Waals surface area contributed by atoms with Gasteiger partial charge in [0, 0.05) is 30.0 Å². The summed E-state index contributed by atoms with van der Waals surface area (Å²) in [5.74, 6) is -4.85. The minimum Gasteiger partial charge on any atom is -0.487 e. The number of hydrogen-bond acceptors (Lipinski definition) is 8. The van der Waals surface area contributed by atoms with E-state index in [1.54, 1.807) is 6.92 Å². The minimum absolute atomic E-state index is 0.00115. The van der Waals surface area contributed by atoms with Crippen molar-refractivity contribution in [3.8, 4) is 23.1 Å². The number of Topliss-reactive ketones (excluding diaryl/α,β-unsaturated/α-hetero) is 1. The number of aryl methyl sites for hydroxylation is 1. The largest absolute Gasteiger partial charge is 0.487 e. The fourth-order valence-corrected chi connectivity index (χ4v) is 6.31. The molecule has 47 heavy (non-hydrogen) atoms. The zero-order valence-electron chi connectivity index (χ0n) is 24.5. The number of sulfone groups is 1. The van der Waals surface area contributed by atoms with E-state index in [4.69, 9.17) is 15.2 Å². The summed E-state index contributed by atoms with van der Waals surface area (Å²) in [5.41, 5.74) is 8.28. The van der Waals surface area contributed by atoms with Crippen LogP contribution in [0, 0.1) is 18.6 Å². The minimum atomic E-state index is -4.04. The number of pyridine rings is 1. The van der Waals surface area contributed by atoms with Crippen LogP contribution < -0.4 is 15.2 Å². The Bertz CT molecular complexity index is 1960. The molecule has 9 nitrogen and oxygen atoms in total. The zero-order valence-corrected chi connectivity index (χ0v) is 25.3. The van der Waals surface area contributed by atoms with Gasteiger partial charge in [-0.2, -0.15) is 5.10 Å². The molecule has 0 bridgehead atoms. The third-order valence-corrected chi connectivity index (χ3v) is 8.78. The molecule has 2 aromatic heterocycles. The number of ketones is 1. The third-order valence-electron chi connectivity index (χ3n) is 7.17. The first-order valence-electron chi connectivity index (χ1n) is 14.0. The average Bonchev–Trinajstić information content (AvgIpc) is 3.59. The van der Waals surface area contributed by atoms with Gasteiger partial charge in [-0.05, 0) is 47.9 Å². The Morgan fingerprint density at radius 2 is 1.79 bits per heavy atom. The summed E-state index contributed by atoms with van der Waals surface area (Å²) in [7, 11) is -4.04. The number of aromatic nitrogens is 3. The smallest absolute Gasteiger partial charge is 0.272 e. The third kappa shape index (κ3) is 7.59. The number of halogens is 6. The van der Waals surface area contributed by atoms with E-state index >= 15 is 0 Å². The van der Waals surface area contributed by atoms with Crippen LogP contribution in [0.3, 0.4) is 0 Å². The molecule has 1 aliphatic carbocycles. The zero-order chi connectivity index (χ0) is 34.0. The summed E-state index contributed by atoms with van der Waals surface area (Å²) < 4.78 is 116. The van der Waals surface area contributed by atoms with Crippen molar-refractivity contribution in [1.29, 1.82) is 0 Å². The number of para-hydroxylation sites is 1. The molecule has 0 atom stereocenters. The van der Waals surface area contributed by atoms with Crippen molar-refractivity contribution in [3.05, 3.63) is 93.8 Å². The van der Waals surface area contributed by atoms with Crippen molar-refractivity contribution in [1.82, 2.24) is 14.8 Å². The number of alkyl halides is 4. The number of benzene rings is 2. The van der Waals surface area contributed by atoms with Gasteiger partial charge in [-0.1, -0.05) is 12.1 Å². The number of anilines is 1. The number of rotatable bonds is 13. The summed E-state index contributed by atoms with van der Waals surface area (Å²) in [5, 5.41) is 4.20. The van der Waals surface area contributed by atoms with E-state index < -0.39 is 70.4 Å². The highest BCUT2D eigenvalue weighted by Gasteiger charge is 2.27. The lowest BCUT2D eigenvalue weighted by Gasteiger charge is -2.14. The lowest BCUT2D eigenvalue weighted by Crippen LogP contribution is -2.14. The lowest BCUT2D eigenvalue weighted by atomic mass is 10.0. The Hall–Kier alpha value is -4.86. The van der Waals surface area contributed by atoms with Crippen molar-refractivity contribution in [2.45, 2.75) is 38.4 Å². The molecule has 248 valence electrons. The number of hydrogen-bond donors (Lipinski definition) is 1. The van der Waals surface area contributed by atoms with Gasteiger partial charge in [0.05, 0.1) is 35.2 Å². The quantitative estimate of drug-likeness (QED) is 0.130. The summed E-state index contributed by atoms with van der Waals surface area (Å²) in [6.07, 6.45) is -2.54. The first-order chi connectivity index (χ1) is 22.2. The van der Waals surface area contributed by atoms with E-state index in [0.29, 0.717) is 22.4 Å². The summed E-state index contributed by atoms with van der Waals surface area (Å²) in [6.45, 7) is 0.606. The predicted octanol–water partition coefficient (Wildman–Crippen LogP) is 6.26. The Labute approximate surface area is 264 Å². The van der Waals surface area contributed by atoms with Gasteiger partial charge in [-0.25, -0.2) is 44.4 Å². The predicted molar refractivity (Wildman–Crippen MR) is 159 cm³/mol. The molecule has 0 aliphatic heterocycles. The van der Waals surface area contributed by atoms with Crippen LogP contribution in [0.5, 0.6) is 17.4 Å². The van der Waals surface area contributed by atoms with Crippen LogP contribution in [0.4, 0.5) is 32.2 Å². The molecule has 2 aromatic carbocycles. The number of nitrogens with zero attached hydrogens (tertiary/aromatic N) is 3. The first kappa shape index (κ1) is 33.5. The molecule has 2 N–H and O–H groups in total. The fraction of sp³-hybridized carbons (Fsp3) is 0.258. The van der Waals surface area contributed by atoms with Crippen LogP contribution in [0.15, 0.2) is 54.4 Å². The van der Waals surface area contributed by atoms with Gasteiger partial charge >= 0.3 is 0 Å². The van der Waals surface area contributed by atoms with Crippen molar-refractivity contribution < 1.29 is 49.0 Å². The van der Waals surface area contributed by atoms with Crippen molar-refractivity contribution in [2.75, 3.05) is 18.1 Å². The van der Waals surface area contributed by atoms with Crippen molar-refractivity contribution >= 4 is 27.5 Å². The standard InChI is InChI=1S/C31H26F6N4O5S/c1-16-7-28(46-30-22(32)3-2-4-23(30)33)39-13-24(16)41-31(38)21(12-40-41)29(42)19-8-17-10-20(15-47(43,44)6-5-26(34)35)25(11-18(17)9-19)45-14-27(36)37/h2-4,7,9-13,26-27H,5-6,8,14-15,38H2,1H3. The molecule has 0 saturated carbocycles. The lowest BCUT2D eigenvalue weighted by molar-refractivity contribution is 0.0815. The van der Waals surface area contributed by atoms with E-state index in [1.165, 1.54) is 47.4 Å². The number of nitrogen functional groups attached to an aromatic ring is 1. The van der Waals surface area contributed by atoms with E-state index in [1.807, 2.05) is 0 Å². The van der Waals surface area contributed by atoms with Gasteiger partial charge in [-0.15, -0.1) is 0 Å². The second kappa shape index (κ2) is 13.5. The van der Waals surface area contributed by atoms with Gasteiger partial charge < -0.3 is 15.2 Å². The van der Waals surface area contributed by atoms with E-state index in [2.05, 4.69) is 10.1 Å². The van der Waals surface area contributed by atoms with Crippen LogP contribution in [0.2, 0.25) is 0 Å². The molecule has 5 rings (SSSR count). The first-order valence-corrected chi connectivity index (χ1v) is 15.8. The normalized spacial score (nSPS) is 12.8. The molecule has 0 saturated heterocycles. The maximum absolute atomic E-state index is 14.0. The van der Waals surface area contributed by atoms with Crippen LogP contribution >= 0.6 is 0 Å². The molecule has 2 heterocycles. The van der Waals surface area contributed by atoms with Crippen molar-refractivity contribution in [2.24, 2.45) is 0 Å². The maximum Gasteiger partial charge on any atom is 0.272 e. The molecule has 4 aromatic rings. The monoisotopic (exact) mass is 680 g/mol. The Kier molecular flexibility index (Phi) is 9.60. The Morgan fingerprint density at radius 3 is 2.45 bits per heavy atom. The molecule has 0 spiro atoms. The summed E-state index contributed by atoms with van der Waals surface area (Å²) in [6, 6.07) is 7.38. The number of carbonyl (C=O) groups excluding carboxylic acids is 1. The van der Waals surface area contributed by atoms with Crippen LogP contribution in [0.25, 0.3) is 11.8 Å². The second-order valence-corrected chi connectivity index (χ2v) is 12.8. The molecular formula is C31H26F6N4O5S. The SMILES string of the molecule is Cc1cc(Oc2c(F)cccc2F)ncc1-n1ncc(C(=O)C2=Cc3cc(OCC(F)F)c(CS(=O)(=O)CCC(F)F)cc3C2)c1N. The number of allylic oxidation sites excluding steroid dienone is 1. The van der Waals surface area contributed by atoms with Gasteiger partial charge in [-0.3, -0.25) is 4.79 Å². The highest BCUT2D eigenvalue weighted by Crippen LogP contribution is 2.35. The van der Waals surface area contributed by atoms with Crippen LogP contribution in [0.1, 0.15) is 39.0 Å². The highest BCUT2D eigenvalue weighted by atomic mass is 32.2. The molecule has 0 unspecified atom stereocenters. The van der Waals surface area contributed by atoms with E-state index in [9.17, 15) is 39.6 Å². The molecule has 0 radical (unpaired) electrons. The Balaban J connectivity index is 1.37. The number of carbonyl (C=O) groups is 1. The summed E-state index contributed by atoms with van der Waals surface area (Å²) in [4.78, 5) is 17.6. The van der Waals surface area contributed by atoms with E-state index in [0.717, 1.165) is 12.1 Å². The molecule has 16 heteroatoms. The van der Waals surface area contributed by atoms with Crippen molar-refractivity contribution in [3.63, 3.8) is 0 Å². The second-order valence-electron chi connectivity index (χ2n) is 10.6. The van der Waals surface area contributed by atoms with Crippen LogP contribution in [-0.2, 0) is 22.0 Å². The molecule has 0 fully saturated rings. The fourth-order valence-electron chi connectivity index (χ4n) is 4.93. The van der Waals surface area contributed by atoms with E-state index in [-0.39, 0.29) is 40.6 Å². The average molecular weight is 681 g/mol. The molecular weight excluding hydrogens is 654 g/mol. The Morgan fingerprint density at radius 1 is 1.06 bits per heavy atom. The van der Waals surface area contributed by atoms with Gasteiger partial charge in [0.1, 0.15) is 18.2 Å². The topological polar surface area (TPSA) is 126 Å². The van der Waals surface area contributed by atoms with Gasteiger partial charge in [0.25, 0.3) is 6.43 Å². The number of nitrogens with two attached hydrogens (primary N) is 1. The summed E-state index contributed by atoms with van der Waals surface area (Å²) >= 11 is 0. The maximum atomic E-state index is 14.0. The van der Waals surface area contributed by atoms with Crippen LogP contribution in [-0.4, -0.2) is 54.2 Å². The molecule has 1 aliphatic rings. The highest BCUT2D eigenvalue weighted by molar-refractivity contribution is 7.90. The molecule has 0 amide bonds. The number of ether oxygens (including phenoxy) is 2. The number of fused-ring (bicyclic) bond motifs is 1.